The zero-order valence-electron chi connectivity index (χ0n) is 27.5. The number of anilines is 2. The average molecular weight is 706 g/mol. The van der Waals surface area contributed by atoms with Gasteiger partial charge in [-0.25, -0.2) is 4.79 Å². The number of ether oxygens (including phenoxy) is 1. The second-order valence-corrected chi connectivity index (χ2v) is 14.1. The summed E-state index contributed by atoms with van der Waals surface area (Å²) in [6, 6.07) is 28.8. The minimum Gasteiger partial charge on any atom is -0.465 e. The Hall–Kier alpha value is -5.39. The first-order chi connectivity index (χ1) is 24.3. The Morgan fingerprint density at radius 3 is 2.28 bits per heavy atom. The Balaban J connectivity index is 1.13. The maximum absolute atomic E-state index is 13.5. The van der Waals surface area contributed by atoms with Crippen LogP contribution in [0.4, 0.5) is 10.7 Å². The van der Waals surface area contributed by atoms with Crippen molar-refractivity contribution in [2.45, 2.75) is 42.8 Å². The maximum Gasteiger partial charge on any atom is 0.341 e. The molecular formula is C39H35N3O6S2. The standard InChI is InChI=1S/C39H35N3O6S2/c1-24(35(43)42-38-34(39(46)47-2)30-15-9-10-16-33(30)50-38)49-29-20-17-27(18-21-29)40-37(45)31(41-36(44)26-13-7-4-8-14-26)23-28-19-22-32(48-28)25-11-5-3-6-12-25/h3-8,11-14,17-24H,9-10,15-16H2,1-2H3,(H,40,45)(H,41,44)(H,42,43)/b31-23+/t24-/m0/s1. The monoisotopic (exact) mass is 705 g/mol. The molecule has 0 saturated heterocycles. The lowest BCUT2D eigenvalue weighted by atomic mass is 9.95. The highest BCUT2D eigenvalue weighted by Crippen LogP contribution is 2.39. The number of hydrogen-bond acceptors (Lipinski definition) is 8. The molecule has 0 fully saturated rings. The molecule has 6 rings (SSSR count). The van der Waals surface area contributed by atoms with Gasteiger partial charge >= 0.3 is 5.97 Å². The van der Waals surface area contributed by atoms with E-state index >= 15 is 0 Å². The Bertz CT molecular complexity index is 2030. The number of fused-ring (bicyclic) bond motifs is 1. The van der Waals surface area contributed by atoms with Crippen LogP contribution in [0.15, 0.2) is 112 Å². The number of carbonyl (C=O) groups is 4. The number of carbonyl (C=O) groups excluding carboxylic acids is 4. The first kappa shape index (κ1) is 34.5. The van der Waals surface area contributed by atoms with Crippen LogP contribution in [0.2, 0.25) is 0 Å². The SMILES string of the molecule is COC(=O)c1c(NC(=O)[C@H](C)Sc2ccc(NC(=O)/C(=C\c3ccc(-c4ccccc4)o3)NC(=O)c3ccccc3)cc2)sc2c1CCCC2. The summed E-state index contributed by atoms with van der Waals surface area (Å²) in [6.45, 7) is 1.80. The molecule has 2 heterocycles. The van der Waals surface area contributed by atoms with Gasteiger partial charge in [-0.2, -0.15) is 0 Å². The highest BCUT2D eigenvalue weighted by molar-refractivity contribution is 8.00. The summed E-state index contributed by atoms with van der Waals surface area (Å²) in [6.07, 6.45) is 5.24. The molecule has 1 atom stereocenters. The fourth-order valence-corrected chi connectivity index (χ4v) is 7.68. The van der Waals surface area contributed by atoms with Crippen molar-refractivity contribution in [2.24, 2.45) is 0 Å². The molecule has 1 aliphatic rings. The molecule has 0 aliphatic heterocycles. The summed E-state index contributed by atoms with van der Waals surface area (Å²) < 4.78 is 11.0. The van der Waals surface area contributed by atoms with Crippen molar-refractivity contribution in [1.82, 2.24) is 5.32 Å². The smallest absolute Gasteiger partial charge is 0.341 e. The summed E-state index contributed by atoms with van der Waals surface area (Å²) in [4.78, 5) is 54.3. The van der Waals surface area contributed by atoms with Gasteiger partial charge in [0.2, 0.25) is 5.91 Å². The molecule has 50 heavy (non-hydrogen) atoms. The molecule has 3 N–H and O–H groups in total. The first-order valence-corrected chi connectivity index (χ1v) is 17.8. The lowest BCUT2D eigenvalue weighted by Crippen LogP contribution is -2.30. The Kier molecular flexibility index (Phi) is 10.9. The van der Waals surface area contributed by atoms with Gasteiger partial charge < -0.3 is 25.1 Å². The van der Waals surface area contributed by atoms with E-state index in [9.17, 15) is 19.2 Å². The van der Waals surface area contributed by atoms with E-state index in [0.717, 1.165) is 46.6 Å². The van der Waals surface area contributed by atoms with E-state index in [2.05, 4.69) is 16.0 Å². The second kappa shape index (κ2) is 15.9. The summed E-state index contributed by atoms with van der Waals surface area (Å²) in [5.74, 6) is -0.629. The Labute approximate surface area is 298 Å². The van der Waals surface area contributed by atoms with E-state index in [1.165, 1.54) is 36.3 Å². The molecule has 0 spiro atoms. The van der Waals surface area contributed by atoms with Gasteiger partial charge in [0.05, 0.1) is 17.9 Å². The number of esters is 1. The van der Waals surface area contributed by atoms with Crippen LogP contribution in [0, 0.1) is 0 Å². The van der Waals surface area contributed by atoms with Crippen molar-refractivity contribution in [1.29, 1.82) is 0 Å². The van der Waals surface area contributed by atoms with Crippen molar-refractivity contribution < 1.29 is 28.3 Å². The van der Waals surface area contributed by atoms with Gasteiger partial charge in [-0.3, -0.25) is 14.4 Å². The fraction of sp³-hybridized carbons (Fsp3) is 0.179. The van der Waals surface area contributed by atoms with Crippen LogP contribution in [0.25, 0.3) is 17.4 Å². The Morgan fingerprint density at radius 1 is 0.860 bits per heavy atom. The number of nitrogens with one attached hydrogen (secondary N) is 3. The second-order valence-electron chi connectivity index (χ2n) is 11.6. The normalized spacial score (nSPS) is 13.1. The van der Waals surface area contributed by atoms with E-state index in [4.69, 9.17) is 9.15 Å². The van der Waals surface area contributed by atoms with Gasteiger partial charge in [0.15, 0.2) is 0 Å². The van der Waals surface area contributed by atoms with Gasteiger partial charge in [0.1, 0.15) is 22.2 Å². The molecule has 11 heteroatoms. The first-order valence-electron chi connectivity index (χ1n) is 16.1. The minimum absolute atomic E-state index is 0.00172. The number of benzene rings is 3. The molecule has 0 bridgehead atoms. The molecule has 0 unspecified atom stereocenters. The molecule has 0 radical (unpaired) electrons. The number of thioether (sulfide) groups is 1. The lowest BCUT2D eigenvalue weighted by Gasteiger charge is -2.14. The number of hydrogen-bond donors (Lipinski definition) is 3. The number of thiophene rings is 1. The lowest BCUT2D eigenvalue weighted by molar-refractivity contribution is -0.115. The predicted octanol–water partition coefficient (Wildman–Crippen LogP) is 8.20. The summed E-state index contributed by atoms with van der Waals surface area (Å²) >= 11 is 2.80. The van der Waals surface area contributed by atoms with E-state index in [1.54, 1.807) is 73.7 Å². The van der Waals surface area contributed by atoms with Crippen molar-refractivity contribution in [2.75, 3.05) is 17.7 Å². The molecule has 5 aromatic rings. The third-order valence-corrected chi connectivity index (χ3v) is 10.4. The summed E-state index contributed by atoms with van der Waals surface area (Å²) in [5.41, 5.74) is 3.23. The van der Waals surface area contributed by atoms with Gasteiger partial charge in [-0.05, 0) is 86.7 Å². The van der Waals surface area contributed by atoms with Gasteiger partial charge in [-0.1, -0.05) is 48.5 Å². The van der Waals surface area contributed by atoms with Crippen LogP contribution in [0.5, 0.6) is 0 Å². The van der Waals surface area contributed by atoms with E-state index in [1.807, 2.05) is 30.3 Å². The molecule has 2 aromatic heterocycles. The van der Waals surface area contributed by atoms with Crippen molar-refractivity contribution in [3.8, 4) is 11.3 Å². The number of aryl methyl sites for hydroxylation is 1. The summed E-state index contributed by atoms with van der Waals surface area (Å²) in [7, 11) is 1.35. The average Bonchev–Trinajstić information content (AvgIpc) is 3.77. The van der Waals surface area contributed by atoms with Gasteiger partial charge in [0, 0.05) is 32.7 Å². The number of rotatable bonds is 11. The number of furan rings is 1. The predicted molar refractivity (Wildman–Crippen MR) is 197 cm³/mol. The highest BCUT2D eigenvalue weighted by Gasteiger charge is 2.28. The van der Waals surface area contributed by atoms with Gasteiger partial charge in [0.25, 0.3) is 11.8 Å². The third kappa shape index (κ3) is 8.24. The van der Waals surface area contributed by atoms with E-state index in [-0.39, 0.29) is 11.6 Å². The number of amides is 3. The molecule has 1 aliphatic carbocycles. The maximum atomic E-state index is 13.5. The quantitative estimate of drug-likeness (QED) is 0.0719. The van der Waals surface area contributed by atoms with E-state index < -0.39 is 23.0 Å². The van der Waals surface area contributed by atoms with Crippen LogP contribution >= 0.6 is 23.1 Å². The van der Waals surface area contributed by atoms with Crippen LogP contribution in [-0.4, -0.2) is 36.1 Å². The minimum atomic E-state index is -0.542. The molecule has 254 valence electrons. The van der Waals surface area contributed by atoms with Crippen molar-refractivity contribution >= 4 is 63.6 Å². The molecular weight excluding hydrogens is 671 g/mol. The largest absolute Gasteiger partial charge is 0.465 e. The van der Waals surface area contributed by atoms with Gasteiger partial charge in [-0.15, -0.1) is 23.1 Å². The fourth-order valence-electron chi connectivity index (χ4n) is 5.53. The summed E-state index contributed by atoms with van der Waals surface area (Å²) in [5, 5.41) is 8.59. The molecule has 3 aromatic carbocycles. The van der Waals surface area contributed by atoms with Crippen LogP contribution in [0.1, 0.15) is 56.7 Å². The number of methoxy groups -OCH3 is 1. The molecule has 3 amide bonds. The molecule has 0 saturated carbocycles. The van der Waals surface area contributed by atoms with Crippen LogP contribution in [0.3, 0.4) is 0 Å². The molecule has 9 nitrogen and oxygen atoms in total. The Morgan fingerprint density at radius 2 is 1.56 bits per heavy atom. The van der Waals surface area contributed by atoms with Crippen LogP contribution in [-0.2, 0) is 27.2 Å². The highest BCUT2D eigenvalue weighted by atomic mass is 32.2. The van der Waals surface area contributed by atoms with Crippen LogP contribution < -0.4 is 16.0 Å². The third-order valence-electron chi connectivity index (χ3n) is 8.09. The zero-order valence-corrected chi connectivity index (χ0v) is 29.1. The zero-order chi connectivity index (χ0) is 35.0. The van der Waals surface area contributed by atoms with Crippen molar-refractivity contribution in [3.63, 3.8) is 0 Å². The van der Waals surface area contributed by atoms with Crippen molar-refractivity contribution in [3.05, 3.63) is 130 Å². The van der Waals surface area contributed by atoms with E-state index in [0.29, 0.717) is 33.3 Å². The topological polar surface area (TPSA) is 127 Å².